The number of urea groups is 1. The van der Waals surface area contributed by atoms with Crippen LogP contribution in [0.3, 0.4) is 0 Å². The fraction of sp³-hybridized carbons (Fsp3) is 0.619. The lowest BCUT2D eigenvalue weighted by Gasteiger charge is -2.56. The Morgan fingerprint density at radius 1 is 1.07 bits per heavy atom. The van der Waals surface area contributed by atoms with Crippen molar-refractivity contribution >= 4 is 23.5 Å². The first-order valence-corrected chi connectivity index (χ1v) is 10.8. The summed E-state index contributed by atoms with van der Waals surface area (Å²) in [6.07, 6.45) is 0. The van der Waals surface area contributed by atoms with Gasteiger partial charge in [0.25, 0.3) is 5.91 Å². The second kappa shape index (κ2) is 8.70. The Labute approximate surface area is 181 Å². The normalized spacial score (nSPS) is 27.7. The quantitative estimate of drug-likeness (QED) is 0.748. The molecule has 0 aliphatic carbocycles. The highest BCUT2D eigenvalue weighted by Crippen LogP contribution is 2.29. The Hall–Kier alpha value is -1.87. The maximum absolute atomic E-state index is 13.1. The standard InChI is InChI=1S/C21H29ClN4O4/c1-21(15-27)14-25(19(28)16-2-4-17(22)5-3-16)13-18-12-24(6-7-26(18)21)20(29)23-8-10-30-11-9-23/h2-5,18,27H,6-15H2,1H3. The van der Waals surface area contributed by atoms with Gasteiger partial charge in [-0.3, -0.25) is 9.69 Å². The monoisotopic (exact) mass is 436 g/mol. The molecule has 0 saturated carbocycles. The number of aliphatic hydroxyl groups is 1. The van der Waals surface area contributed by atoms with Crippen LogP contribution in [0.25, 0.3) is 0 Å². The first kappa shape index (κ1) is 21.4. The van der Waals surface area contributed by atoms with Crippen molar-refractivity contribution in [2.24, 2.45) is 0 Å². The average molecular weight is 437 g/mol. The number of piperazine rings is 2. The van der Waals surface area contributed by atoms with Crippen LogP contribution in [0.4, 0.5) is 4.79 Å². The Morgan fingerprint density at radius 2 is 1.73 bits per heavy atom. The van der Waals surface area contributed by atoms with E-state index < -0.39 is 5.54 Å². The van der Waals surface area contributed by atoms with Gasteiger partial charge in [0.2, 0.25) is 0 Å². The molecule has 4 rings (SSSR count). The van der Waals surface area contributed by atoms with Crippen LogP contribution in [0.2, 0.25) is 5.02 Å². The number of morpholine rings is 1. The molecule has 0 spiro atoms. The summed E-state index contributed by atoms with van der Waals surface area (Å²) in [6.45, 7) is 7.10. The zero-order valence-electron chi connectivity index (χ0n) is 17.3. The summed E-state index contributed by atoms with van der Waals surface area (Å²) >= 11 is 5.96. The van der Waals surface area contributed by atoms with Crippen molar-refractivity contribution in [1.82, 2.24) is 19.6 Å². The summed E-state index contributed by atoms with van der Waals surface area (Å²) in [5, 5.41) is 10.8. The molecule has 3 heterocycles. The fourth-order valence-corrected chi connectivity index (χ4v) is 4.87. The molecule has 3 aliphatic rings. The Balaban J connectivity index is 1.50. The number of aliphatic hydroxyl groups excluding tert-OH is 1. The lowest BCUT2D eigenvalue weighted by molar-refractivity contribution is -0.0794. The molecule has 0 radical (unpaired) electrons. The molecular formula is C21H29ClN4O4. The maximum atomic E-state index is 13.1. The van der Waals surface area contributed by atoms with E-state index in [2.05, 4.69) is 4.90 Å². The maximum Gasteiger partial charge on any atom is 0.320 e. The lowest BCUT2D eigenvalue weighted by atomic mass is 9.91. The van der Waals surface area contributed by atoms with Gasteiger partial charge in [-0.1, -0.05) is 11.6 Å². The minimum atomic E-state index is -0.543. The zero-order valence-corrected chi connectivity index (χ0v) is 18.1. The van der Waals surface area contributed by atoms with Gasteiger partial charge in [0, 0.05) is 62.4 Å². The van der Waals surface area contributed by atoms with E-state index in [0.717, 1.165) is 0 Å². The first-order valence-electron chi connectivity index (χ1n) is 10.5. The number of rotatable bonds is 2. The Kier molecular flexibility index (Phi) is 6.20. The van der Waals surface area contributed by atoms with Gasteiger partial charge in [-0.2, -0.15) is 0 Å². The molecule has 9 heteroatoms. The summed E-state index contributed by atoms with van der Waals surface area (Å²) in [5.74, 6) is -0.0809. The predicted molar refractivity (Wildman–Crippen MR) is 113 cm³/mol. The van der Waals surface area contributed by atoms with Crippen molar-refractivity contribution in [2.45, 2.75) is 18.5 Å². The number of hydrogen-bond acceptors (Lipinski definition) is 5. The summed E-state index contributed by atoms with van der Waals surface area (Å²) in [6, 6.07) is 6.88. The number of fused-ring (bicyclic) bond motifs is 1. The van der Waals surface area contributed by atoms with Crippen LogP contribution in [0, 0.1) is 0 Å². The van der Waals surface area contributed by atoms with E-state index in [4.69, 9.17) is 16.3 Å². The smallest absolute Gasteiger partial charge is 0.320 e. The van der Waals surface area contributed by atoms with Gasteiger partial charge in [0.1, 0.15) is 0 Å². The third-order valence-electron chi connectivity index (χ3n) is 6.41. The van der Waals surface area contributed by atoms with Gasteiger partial charge < -0.3 is 24.5 Å². The molecule has 3 saturated heterocycles. The van der Waals surface area contributed by atoms with Crippen LogP contribution in [0.5, 0.6) is 0 Å². The van der Waals surface area contributed by atoms with Crippen LogP contribution in [-0.4, -0.2) is 114 Å². The molecule has 1 aromatic rings. The van der Waals surface area contributed by atoms with Gasteiger partial charge in [0.05, 0.1) is 25.4 Å². The van der Waals surface area contributed by atoms with Crippen molar-refractivity contribution < 1.29 is 19.4 Å². The van der Waals surface area contributed by atoms with E-state index in [1.165, 1.54) is 0 Å². The highest BCUT2D eigenvalue weighted by atomic mass is 35.5. The van der Waals surface area contributed by atoms with E-state index >= 15 is 0 Å². The van der Waals surface area contributed by atoms with Gasteiger partial charge in [-0.25, -0.2) is 4.79 Å². The molecule has 3 amide bonds. The molecule has 1 aromatic carbocycles. The zero-order chi connectivity index (χ0) is 21.3. The third kappa shape index (κ3) is 4.14. The number of benzene rings is 1. The summed E-state index contributed by atoms with van der Waals surface area (Å²) in [5.41, 5.74) is 0.0317. The van der Waals surface area contributed by atoms with Crippen molar-refractivity contribution in [2.75, 3.05) is 65.6 Å². The van der Waals surface area contributed by atoms with E-state index in [-0.39, 0.29) is 24.6 Å². The van der Waals surface area contributed by atoms with Crippen molar-refractivity contribution in [3.05, 3.63) is 34.9 Å². The molecule has 2 unspecified atom stereocenters. The minimum absolute atomic E-state index is 0.0223. The predicted octanol–water partition coefficient (Wildman–Crippen LogP) is 0.985. The number of amides is 3. The number of halogens is 1. The molecule has 30 heavy (non-hydrogen) atoms. The molecule has 8 nitrogen and oxygen atoms in total. The van der Waals surface area contributed by atoms with E-state index in [9.17, 15) is 14.7 Å². The van der Waals surface area contributed by atoms with Crippen LogP contribution < -0.4 is 0 Å². The van der Waals surface area contributed by atoms with E-state index in [1.807, 2.05) is 16.7 Å². The van der Waals surface area contributed by atoms with Crippen molar-refractivity contribution in [3.63, 3.8) is 0 Å². The fourth-order valence-electron chi connectivity index (χ4n) is 4.74. The molecular weight excluding hydrogens is 408 g/mol. The van der Waals surface area contributed by atoms with Crippen molar-refractivity contribution in [3.8, 4) is 0 Å². The average Bonchev–Trinajstić information content (AvgIpc) is 2.78. The van der Waals surface area contributed by atoms with Crippen LogP contribution in [-0.2, 0) is 4.74 Å². The topological polar surface area (TPSA) is 76.6 Å². The van der Waals surface area contributed by atoms with Gasteiger partial charge >= 0.3 is 6.03 Å². The molecule has 2 atom stereocenters. The second-order valence-electron chi connectivity index (χ2n) is 8.52. The highest BCUT2D eigenvalue weighted by molar-refractivity contribution is 6.30. The van der Waals surface area contributed by atoms with E-state index in [1.54, 1.807) is 29.2 Å². The summed E-state index contributed by atoms with van der Waals surface area (Å²) in [7, 11) is 0. The first-order chi connectivity index (χ1) is 14.4. The minimum Gasteiger partial charge on any atom is -0.394 e. The van der Waals surface area contributed by atoms with Crippen molar-refractivity contribution in [1.29, 1.82) is 0 Å². The number of carbonyl (C=O) groups is 2. The Bertz CT molecular complexity index is 786. The largest absolute Gasteiger partial charge is 0.394 e. The molecule has 0 aromatic heterocycles. The Morgan fingerprint density at radius 3 is 2.40 bits per heavy atom. The van der Waals surface area contributed by atoms with Crippen LogP contribution in [0.1, 0.15) is 17.3 Å². The SMILES string of the molecule is CC1(CO)CN(C(=O)c2ccc(Cl)cc2)CC2CN(C(=O)N3CCOCC3)CCN21. The van der Waals surface area contributed by atoms with Crippen LogP contribution >= 0.6 is 11.6 Å². The highest BCUT2D eigenvalue weighted by Gasteiger charge is 2.47. The van der Waals surface area contributed by atoms with Gasteiger partial charge in [-0.05, 0) is 31.2 Å². The third-order valence-corrected chi connectivity index (χ3v) is 6.66. The number of carbonyl (C=O) groups excluding carboxylic acids is 2. The molecule has 3 aliphatic heterocycles. The van der Waals surface area contributed by atoms with Gasteiger partial charge in [0.15, 0.2) is 0 Å². The molecule has 1 N–H and O–H groups in total. The van der Waals surface area contributed by atoms with Gasteiger partial charge in [-0.15, -0.1) is 0 Å². The number of nitrogens with zero attached hydrogens (tertiary/aromatic N) is 4. The molecule has 0 bridgehead atoms. The summed E-state index contributed by atoms with van der Waals surface area (Å²) < 4.78 is 5.35. The molecule has 3 fully saturated rings. The number of ether oxygens (including phenoxy) is 1. The lowest BCUT2D eigenvalue weighted by Crippen LogP contribution is -2.73. The number of hydrogen-bond donors (Lipinski definition) is 1. The van der Waals surface area contributed by atoms with E-state index in [0.29, 0.717) is 69.6 Å². The van der Waals surface area contributed by atoms with Crippen LogP contribution in [0.15, 0.2) is 24.3 Å². The second-order valence-corrected chi connectivity index (χ2v) is 8.96. The summed E-state index contributed by atoms with van der Waals surface area (Å²) in [4.78, 5) is 33.9. The molecule has 164 valence electrons.